The van der Waals surface area contributed by atoms with Gasteiger partial charge in [0.1, 0.15) is 0 Å². The van der Waals surface area contributed by atoms with Crippen LogP contribution in [0.3, 0.4) is 0 Å². The number of nitrogens with zero attached hydrogens (tertiary/aromatic N) is 4. The van der Waals surface area contributed by atoms with Crippen molar-refractivity contribution in [3.8, 4) is 0 Å². The third-order valence-electron chi connectivity index (χ3n) is 6.04. The molecule has 1 aromatic carbocycles. The average Bonchev–Trinajstić information content (AvgIpc) is 3.05. The minimum Gasteiger partial charge on any atom is -0.465 e. The average molecular weight is 377 g/mol. The fourth-order valence-electron chi connectivity index (χ4n) is 4.49. The number of ether oxygens (including phenoxy) is 1. The van der Waals surface area contributed by atoms with Gasteiger partial charge in [-0.15, -0.1) is 0 Å². The Morgan fingerprint density at radius 1 is 1.21 bits per heavy atom. The van der Waals surface area contributed by atoms with Gasteiger partial charge in [-0.25, -0.2) is 14.8 Å². The number of hydrogen-bond donors (Lipinski definition) is 1. The zero-order chi connectivity index (χ0) is 19.3. The quantitative estimate of drug-likeness (QED) is 0.686. The van der Waals surface area contributed by atoms with Gasteiger partial charge in [-0.2, -0.15) is 0 Å². The number of carbonyl (C=O) groups is 1. The molecule has 1 N–H and O–H groups in total. The molecule has 2 unspecified atom stereocenters. The van der Waals surface area contributed by atoms with Crippen molar-refractivity contribution < 1.29 is 9.53 Å². The molecular weight excluding hydrogens is 354 g/mol. The molecule has 2 aliphatic rings. The van der Waals surface area contributed by atoms with E-state index in [-0.39, 0.29) is 0 Å². The number of aromatic nitrogens is 3. The highest BCUT2D eigenvalue weighted by Crippen LogP contribution is 2.46. The van der Waals surface area contributed by atoms with Crippen molar-refractivity contribution in [2.24, 2.45) is 18.9 Å². The highest BCUT2D eigenvalue weighted by atomic mass is 16.5. The molecule has 1 aliphatic carbocycles. The lowest BCUT2D eigenvalue weighted by molar-refractivity contribution is 0.0600. The first-order chi connectivity index (χ1) is 13.7. The first kappa shape index (κ1) is 17.2. The normalized spacial score (nSPS) is 23.1. The Balaban J connectivity index is 1.18. The van der Waals surface area contributed by atoms with Gasteiger partial charge >= 0.3 is 5.97 Å². The number of benzene rings is 1. The Labute approximate surface area is 163 Å². The van der Waals surface area contributed by atoms with Gasteiger partial charge in [0, 0.05) is 62.2 Å². The molecule has 0 bridgehead atoms. The molecule has 0 radical (unpaired) electrons. The third-order valence-corrected chi connectivity index (χ3v) is 6.04. The fraction of sp³-hybridized carbons (Fsp3) is 0.381. The summed E-state index contributed by atoms with van der Waals surface area (Å²) in [4.78, 5) is 22.4. The first-order valence-corrected chi connectivity index (χ1v) is 9.57. The van der Waals surface area contributed by atoms with Crippen molar-refractivity contribution in [2.45, 2.75) is 12.6 Å². The van der Waals surface area contributed by atoms with Crippen LogP contribution in [0.15, 0.2) is 42.9 Å². The number of carbonyl (C=O) groups excluding carboxylic acids is 1. The highest BCUT2D eigenvalue weighted by molar-refractivity contribution is 5.88. The smallest absolute Gasteiger partial charge is 0.341 e. The number of piperidine rings is 1. The Bertz CT molecular complexity index is 1020. The van der Waals surface area contributed by atoms with Gasteiger partial charge < -0.3 is 19.5 Å². The van der Waals surface area contributed by atoms with E-state index in [1.54, 1.807) is 0 Å². The summed E-state index contributed by atoms with van der Waals surface area (Å²) in [7, 11) is 3.46. The van der Waals surface area contributed by atoms with Crippen LogP contribution in [0.4, 0.5) is 5.95 Å². The Kier molecular flexibility index (Phi) is 4.05. The Hall–Kier alpha value is -2.93. The zero-order valence-corrected chi connectivity index (χ0v) is 16.0. The van der Waals surface area contributed by atoms with Crippen molar-refractivity contribution in [1.82, 2.24) is 19.9 Å². The summed E-state index contributed by atoms with van der Waals surface area (Å²) in [5, 5.41) is 5.07. The predicted molar refractivity (Wildman–Crippen MR) is 106 cm³/mol. The minimum atomic E-state index is -0.409. The van der Waals surface area contributed by atoms with E-state index in [1.165, 1.54) is 36.0 Å². The van der Waals surface area contributed by atoms with Crippen LogP contribution in [-0.4, -0.2) is 46.7 Å². The zero-order valence-electron chi connectivity index (χ0n) is 16.0. The van der Waals surface area contributed by atoms with Gasteiger partial charge in [-0.3, -0.25) is 0 Å². The lowest BCUT2D eigenvalue weighted by Gasteiger charge is -2.20. The predicted octanol–water partition coefficient (Wildman–Crippen LogP) is 1.98. The van der Waals surface area contributed by atoms with Crippen molar-refractivity contribution in [3.05, 3.63) is 54.0 Å². The first-order valence-electron chi connectivity index (χ1n) is 9.57. The summed E-state index contributed by atoms with van der Waals surface area (Å²) >= 11 is 0. The second-order valence-corrected chi connectivity index (χ2v) is 7.69. The van der Waals surface area contributed by atoms with E-state index in [9.17, 15) is 4.79 Å². The molecule has 144 valence electrons. The molecule has 5 rings (SSSR count). The molecule has 1 aliphatic heterocycles. The van der Waals surface area contributed by atoms with Crippen LogP contribution in [0, 0.1) is 11.8 Å². The molecule has 0 spiro atoms. The number of para-hydroxylation sites is 1. The number of fused-ring (bicyclic) bond motifs is 2. The van der Waals surface area contributed by atoms with E-state index in [0.717, 1.165) is 19.6 Å². The molecule has 3 heterocycles. The van der Waals surface area contributed by atoms with Crippen molar-refractivity contribution >= 4 is 22.8 Å². The molecule has 2 atom stereocenters. The Morgan fingerprint density at radius 2 is 1.93 bits per heavy atom. The number of hydrogen-bond acceptors (Lipinski definition) is 6. The van der Waals surface area contributed by atoms with E-state index < -0.39 is 5.97 Å². The summed E-state index contributed by atoms with van der Waals surface area (Å²) in [6.45, 7) is 2.80. The van der Waals surface area contributed by atoms with Crippen LogP contribution in [0.1, 0.15) is 15.9 Å². The number of esters is 1. The van der Waals surface area contributed by atoms with Crippen LogP contribution in [0.2, 0.25) is 0 Å². The molecule has 1 saturated carbocycles. The van der Waals surface area contributed by atoms with E-state index >= 15 is 0 Å². The van der Waals surface area contributed by atoms with E-state index in [1.807, 2.05) is 0 Å². The van der Waals surface area contributed by atoms with Gasteiger partial charge in [-0.05, 0) is 23.5 Å². The Morgan fingerprint density at radius 3 is 2.64 bits per heavy atom. The molecule has 1 saturated heterocycles. The second-order valence-electron chi connectivity index (χ2n) is 7.69. The molecule has 2 aromatic heterocycles. The monoisotopic (exact) mass is 377 g/mol. The number of methoxy groups -OCH3 is 1. The second kappa shape index (κ2) is 6.60. The highest BCUT2D eigenvalue weighted by Gasteiger charge is 2.55. The van der Waals surface area contributed by atoms with E-state index in [4.69, 9.17) is 0 Å². The SMILES string of the molecule is COC(=O)c1cnc(N2CC3C(C2)C3NCc2cn(C)c3ccccc23)nc1. The summed E-state index contributed by atoms with van der Waals surface area (Å²) in [6.07, 6.45) is 5.29. The molecule has 7 nitrogen and oxygen atoms in total. The largest absolute Gasteiger partial charge is 0.465 e. The molecule has 7 heteroatoms. The third kappa shape index (κ3) is 2.82. The van der Waals surface area contributed by atoms with Crippen LogP contribution < -0.4 is 10.2 Å². The summed E-state index contributed by atoms with van der Waals surface area (Å²) in [5.74, 6) is 1.55. The molecule has 2 fully saturated rings. The topological polar surface area (TPSA) is 72.3 Å². The maximum atomic E-state index is 11.5. The minimum absolute atomic E-state index is 0.380. The maximum absolute atomic E-state index is 11.5. The van der Waals surface area contributed by atoms with Gasteiger partial charge in [-0.1, -0.05) is 18.2 Å². The van der Waals surface area contributed by atoms with Crippen molar-refractivity contribution in [3.63, 3.8) is 0 Å². The lowest BCUT2D eigenvalue weighted by Crippen LogP contribution is -2.32. The molecule has 3 aromatic rings. The standard InChI is InChI=1S/C21H23N5O2/c1-25-10-14(15-5-3-4-6-18(15)25)9-22-19-16-11-26(12-17(16)19)21-23-7-13(8-24-21)20(27)28-2/h3-8,10,16-17,19,22H,9,11-12H2,1-2H3. The summed E-state index contributed by atoms with van der Waals surface area (Å²) in [5.41, 5.74) is 3.00. The van der Waals surface area contributed by atoms with Crippen LogP contribution in [0.25, 0.3) is 10.9 Å². The summed E-state index contributed by atoms with van der Waals surface area (Å²) < 4.78 is 6.88. The van der Waals surface area contributed by atoms with Crippen LogP contribution in [-0.2, 0) is 18.3 Å². The maximum Gasteiger partial charge on any atom is 0.341 e. The molecule has 0 amide bonds. The fourth-order valence-corrected chi connectivity index (χ4v) is 4.49. The number of anilines is 1. The molecular formula is C21H23N5O2. The summed E-state index contributed by atoms with van der Waals surface area (Å²) in [6, 6.07) is 9.09. The van der Waals surface area contributed by atoms with Crippen molar-refractivity contribution in [2.75, 3.05) is 25.1 Å². The van der Waals surface area contributed by atoms with Crippen molar-refractivity contribution in [1.29, 1.82) is 0 Å². The van der Waals surface area contributed by atoms with E-state index in [2.05, 4.69) is 67.0 Å². The molecule has 28 heavy (non-hydrogen) atoms. The number of aryl methyl sites for hydroxylation is 1. The van der Waals surface area contributed by atoms with Crippen LogP contribution in [0.5, 0.6) is 0 Å². The number of rotatable bonds is 5. The van der Waals surface area contributed by atoms with Crippen LogP contribution >= 0.6 is 0 Å². The van der Waals surface area contributed by atoms with Gasteiger partial charge in [0.15, 0.2) is 0 Å². The lowest BCUT2D eigenvalue weighted by atomic mass is 10.2. The van der Waals surface area contributed by atoms with E-state index in [0.29, 0.717) is 29.4 Å². The van der Waals surface area contributed by atoms with Gasteiger partial charge in [0.05, 0.1) is 12.7 Å². The van der Waals surface area contributed by atoms with Gasteiger partial charge in [0.2, 0.25) is 5.95 Å². The number of nitrogens with one attached hydrogen (secondary N) is 1. The van der Waals surface area contributed by atoms with Gasteiger partial charge in [0.25, 0.3) is 0 Å².